The van der Waals surface area contributed by atoms with Crippen LogP contribution in [0.5, 0.6) is 0 Å². The SMILES string of the molecule is CN(CCc1ccncc1)C(=O)C(C)(C)C(=O)N(C)Cc1ccccc1. The number of rotatable bonds is 7. The van der Waals surface area contributed by atoms with Crippen LogP contribution in [-0.4, -0.2) is 47.2 Å². The highest BCUT2D eigenvalue weighted by atomic mass is 16.2. The molecule has 0 radical (unpaired) electrons. The van der Waals surface area contributed by atoms with Gasteiger partial charge in [-0.15, -0.1) is 0 Å². The Hall–Kier alpha value is -2.69. The van der Waals surface area contributed by atoms with Crippen molar-refractivity contribution in [2.24, 2.45) is 5.41 Å². The van der Waals surface area contributed by atoms with E-state index in [1.807, 2.05) is 42.5 Å². The molecule has 0 aliphatic rings. The Kier molecular flexibility index (Phi) is 6.50. The van der Waals surface area contributed by atoms with Crippen LogP contribution in [0.3, 0.4) is 0 Å². The van der Waals surface area contributed by atoms with Gasteiger partial charge in [-0.05, 0) is 43.5 Å². The molecule has 1 heterocycles. The topological polar surface area (TPSA) is 53.5 Å². The molecule has 5 nitrogen and oxygen atoms in total. The molecule has 2 rings (SSSR count). The van der Waals surface area contributed by atoms with Crippen LogP contribution >= 0.6 is 0 Å². The van der Waals surface area contributed by atoms with Gasteiger partial charge in [0.1, 0.15) is 5.41 Å². The molecule has 26 heavy (non-hydrogen) atoms. The summed E-state index contributed by atoms with van der Waals surface area (Å²) in [5, 5.41) is 0. The molecule has 1 aromatic heterocycles. The quantitative estimate of drug-likeness (QED) is 0.719. The normalized spacial score (nSPS) is 11.1. The first-order valence-corrected chi connectivity index (χ1v) is 8.76. The highest BCUT2D eigenvalue weighted by Gasteiger charge is 2.39. The third kappa shape index (κ3) is 4.91. The number of carbonyl (C=O) groups is 2. The molecule has 2 aromatic rings. The monoisotopic (exact) mass is 353 g/mol. The van der Waals surface area contributed by atoms with Gasteiger partial charge in [-0.1, -0.05) is 30.3 Å². The molecule has 0 aliphatic carbocycles. The molecule has 0 saturated heterocycles. The molecule has 0 saturated carbocycles. The number of benzene rings is 1. The number of pyridine rings is 1. The zero-order chi connectivity index (χ0) is 19.2. The molecule has 0 atom stereocenters. The van der Waals surface area contributed by atoms with Gasteiger partial charge >= 0.3 is 0 Å². The smallest absolute Gasteiger partial charge is 0.237 e. The van der Waals surface area contributed by atoms with Crippen LogP contribution in [0.15, 0.2) is 54.9 Å². The van der Waals surface area contributed by atoms with Crippen molar-refractivity contribution in [2.45, 2.75) is 26.8 Å². The molecule has 0 aliphatic heterocycles. The van der Waals surface area contributed by atoms with E-state index in [-0.39, 0.29) is 11.8 Å². The third-order valence-electron chi connectivity index (χ3n) is 4.51. The lowest BCUT2D eigenvalue weighted by molar-refractivity contribution is -0.152. The second kappa shape index (κ2) is 8.61. The minimum Gasteiger partial charge on any atom is -0.345 e. The van der Waals surface area contributed by atoms with Gasteiger partial charge in [0.05, 0.1) is 0 Å². The summed E-state index contributed by atoms with van der Waals surface area (Å²) in [5.41, 5.74) is 1.05. The lowest BCUT2D eigenvalue weighted by atomic mass is 9.89. The number of amides is 2. The molecule has 1 aromatic carbocycles. The highest BCUT2D eigenvalue weighted by Crippen LogP contribution is 2.22. The van der Waals surface area contributed by atoms with Gasteiger partial charge in [-0.25, -0.2) is 0 Å². The van der Waals surface area contributed by atoms with E-state index in [0.29, 0.717) is 13.1 Å². The average Bonchev–Trinajstić information content (AvgIpc) is 2.66. The van der Waals surface area contributed by atoms with E-state index in [4.69, 9.17) is 0 Å². The molecule has 0 unspecified atom stereocenters. The fraction of sp³-hybridized carbons (Fsp3) is 0.381. The van der Waals surface area contributed by atoms with Crippen molar-refractivity contribution in [1.29, 1.82) is 0 Å². The minimum absolute atomic E-state index is 0.170. The molecule has 0 N–H and O–H groups in total. The van der Waals surface area contributed by atoms with Crippen LogP contribution < -0.4 is 0 Å². The van der Waals surface area contributed by atoms with Crippen molar-refractivity contribution in [2.75, 3.05) is 20.6 Å². The highest BCUT2D eigenvalue weighted by molar-refractivity contribution is 6.04. The second-order valence-electron chi connectivity index (χ2n) is 7.10. The maximum atomic E-state index is 12.9. The largest absolute Gasteiger partial charge is 0.345 e. The van der Waals surface area contributed by atoms with Gasteiger partial charge in [0, 0.05) is 39.6 Å². The third-order valence-corrected chi connectivity index (χ3v) is 4.51. The van der Waals surface area contributed by atoms with E-state index in [0.717, 1.165) is 17.5 Å². The van der Waals surface area contributed by atoms with Crippen molar-refractivity contribution in [3.63, 3.8) is 0 Å². The fourth-order valence-electron chi connectivity index (χ4n) is 2.92. The van der Waals surface area contributed by atoms with Crippen molar-refractivity contribution in [3.8, 4) is 0 Å². The number of nitrogens with zero attached hydrogens (tertiary/aromatic N) is 3. The number of likely N-dealkylation sites (N-methyl/N-ethyl adjacent to an activating group) is 1. The van der Waals surface area contributed by atoms with Gasteiger partial charge in [-0.2, -0.15) is 0 Å². The Morgan fingerprint density at radius 1 is 0.885 bits per heavy atom. The maximum Gasteiger partial charge on any atom is 0.237 e. The van der Waals surface area contributed by atoms with Gasteiger partial charge in [0.2, 0.25) is 11.8 Å². The van der Waals surface area contributed by atoms with E-state index in [1.54, 1.807) is 50.1 Å². The maximum absolute atomic E-state index is 12.9. The predicted octanol–water partition coefficient (Wildman–Crippen LogP) is 2.77. The lowest BCUT2D eigenvalue weighted by Crippen LogP contribution is -2.49. The average molecular weight is 353 g/mol. The molecule has 2 amide bonds. The summed E-state index contributed by atoms with van der Waals surface area (Å²) in [4.78, 5) is 33.0. The number of carbonyl (C=O) groups excluding carboxylic acids is 2. The van der Waals surface area contributed by atoms with Gasteiger partial charge < -0.3 is 9.80 Å². The first kappa shape index (κ1) is 19.6. The summed E-state index contributed by atoms with van der Waals surface area (Å²) in [7, 11) is 3.48. The minimum atomic E-state index is -1.10. The van der Waals surface area contributed by atoms with E-state index in [1.165, 1.54) is 0 Å². The molecule has 138 valence electrons. The van der Waals surface area contributed by atoms with Crippen LogP contribution in [0.2, 0.25) is 0 Å². The van der Waals surface area contributed by atoms with Gasteiger partial charge in [0.15, 0.2) is 0 Å². The Bertz CT molecular complexity index is 729. The fourth-order valence-corrected chi connectivity index (χ4v) is 2.92. The van der Waals surface area contributed by atoms with E-state index in [9.17, 15) is 9.59 Å². The van der Waals surface area contributed by atoms with Crippen molar-refractivity contribution < 1.29 is 9.59 Å². The molecule has 0 bridgehead atoms. The van der Waals surface area contributed by atoms with Crippen molar-refractivity contribution >= 4 is 11.8 Å². The Labute approximate surface area is 155 Å². The summed E-state index contributed by atoms with van der Waals surface area (Å²) < 4.78 is 0. The molecule has 5 heteroatoms. The van der Waals surface area contributed by atoms with Crippen LogP contribution in [0.4, 0.5) is 0 Å². The molecular formula is C21H27N3O2. The van der Waals surface area contributed by atoms with Crippen molar-refractivity contribution in [3.05, 3.63) is 66.0 Å². The van der Waals surface area contributed by atoms with Crippen LogP contribution in [0.25, 0.3) is 0 Å². The summed E-state index contributed by atoms with van der Waals surface area (Å²) in [6.45, 7) is 4.43. The molecular weight excluding hydrogens is 326 g/mol. The summed E-state index contributed by atoms with van der Waals surface area (Å²) >= 11 is 0. The first-order chi connectivity index (χ1) is 12.3. The standard InChI is InChI=1S/C21H27N3O2/c1-21(2,20(26)24(4)16-18-8-6-5-7-9-18)19(25)23(3)15-12-17-10-13-22-14-11-17/h5-11,13-14H,12,15-16H2,1-4H3. The van der Waals surface area contributed by atoms with Crippen LogP contribution in [0, 0.1) is 5.41 Å². The van der Waals surface area contributed by atoms with Gasteiger partial charge in [0.25, 0.3) is 0 Å². The second-order valence-corrected chi connectivity index (χ2v) is 7.10. The zero-order valence-electron chi connectivity index (χ0n) is 16.0. The molecule has 0 fully saturated rings. The van der Waals surface area contributed by atoms with Crippen LogP contribution in [0.1, 0.15) is 25.0 Å². The van der Waals surface area contributed by atoms with Crippen molar-refractivity contribution in [1.82, 2.24) is 14.8 Å². The summed E-state index contributed by atoms with van der Waals surface area (Å²) in [6, 6.07) is 13.6. The van der Waals surface area contributed by atoms with Crippen LogP contribution in [-0.2, 0) is 22.6 Å². The number of hydrogen-bond donors (Lipinski definition) is 0. The van der Waals surface area contributed by atoms with E-state index >= 15 is 0 Å². The predicted molar refractivity (Wildman–Crippen MR) is 102 cm³/mol. The first-order valence-electron chi connectivity index (χ1n) is 8.76. The van der Waals surface area contributed by atoms with E-state index in [2.05, 4.69) is 4.98 Å². The number of hydrogen-bond acceptors (Lipinski definition) is 3. The lowest BCUT2D eigenvalue weighted by Gasteiger charge is -2.32. The van der Waals surface area contributed by atoms with Gasteiger partial charge in [-0.3, -0.25) is 14.6 Å². The zero-order valence-corrected chi connectivity index (χ0v) is 16.0. The molecule has 0 spiro atoms. The number of aromatic nitrogens is 1. The van der Waals surface area contributed by atoms with E-state index < -0.39 is 5.41 Å². The Balaban J connectivity index is 1.97. The Morgan fingerprint density at radius 2 is 1.46 bits per heavy atom. The summed E-state index contributed by atoms with van der Waals surface area (Å²) in [5.74, 6) is -0.349. The Morgan fingerprint density at radius 3 is 2.08 bits per heavy atom. The summed E-state index contributed by atoms with van der Waals surface area (Å²) in [6.07, 6.45) is 4.21.